The molecular weight excluding hydrogens is 440 g/mol. The van der Waals surface area contributed by atoms with E-state index in [0.717, 1.165) is 59.1 Å². The van der Waals surface area contributed by atoms with Gasteiger partial charge in [0.15, 0.2) is 11.6 Å². The highest BCUT2D eigenvalue weighted by Crippen LogP contribution is 2.28. The number of unbranched alkanes of at least 4 members (excludes halogenated alkanes) is 10. The molecule has 2 aliphatic carbocycles. The van der Waals surface area contributed by atoms with Gasteiger partial charge < -0.3 is 0 Å². The summed E-state index contributed by atoms with van der Waals surface area (Å²) < 4.78 is 0. The number of rotatable bonds is 16. The average molecular weight is 491 g/mol. The molecule has 0 atom stereocenters. The van der Waals surface area contributed by atoms with Gasteiger partial charge >= 0.3 is 0 Å². The molecule has 0 bridgehead atoms. The first-order chi connectivity index (χ1) is 17.4. The molecule has 198 valence electrons. The van der Waals surface area contributed by atoms with Gasteiger partial charge in [0.1, 0.15) is 0 Å². The van der Waals surface area contributed by atoms with Gasteiger partial charge in [-0.05, 0) is 79.5 Å². The van der Waals surface area contributed by atoms with Crippen LogP contribution in [0.1, 0.15) is 125 Å². The second-order valence-electron chi connectivity index (χ2n) is 10.9. The molecule has 0 N–H and O–H groups in total. The van der Waals surface area contributed by atoms with Crippen molar-refractivity contribution in [2.45, 2.75) is 125 Å². The third kappa shape index (κ3) is 10.0. The third-order valence-electron chi connectivity index (χ3n) is 7.28. The normalized spacial score (nSPS) is 18.6. The van der Waals surface area contributed by atoms with Gasteiger partial charge in [-0.1, -0.05) is 104 Å². The van der Waals surface area contributed by atoms with Crippen molar-refractivity contribution in [3.63, 3.8) is 0 Å². The molecule has 0 radical (unpaired) electrons. The lowest BCUT2D eigenvalue weighted by Gasteiger charge is -2.18. The molecule has 0 aromatic heterocycles. The summed E-state index contributed by atoms with van der Waals surface area (Å²) in [5, 5.41) is 0. The number of hydrogen-bond acceptors (Lipinski definition) is 2. The van der Waals surface area contributed by atoms with Gasteiger partial charge in [-0.3, -0.25) is 9.59 Å². The van der Waals surface area contributed by atoms with E-state index in [1.807, 2.05) is 13.0 Å². The van der Waals surface area contributed by atoms with Crippen molar-refractivity contribution in [3.05, 3.63) is 69.9 Å². The molecule has 0 saturated heterocycles. The molecule has 2 aliphatic rings. The molecule has 0 unspecified atom stereocenters. The summed E-state index contributed by atoms with van der Waals surface area (Å²) in [5.41, 5.74) is 5.77. The van der Waals surface area contributed by atoms with E-state index >= 15 is 0 Å². The van der Waals surface area contributed by atoms with Crippen LogP contribution in [-0.4, -0.2) is 11.6 Å². The van der Waals surface area contributed by atoms with Crippen molar-refractivity contribution in [2.24, 2.45) is 5.92 Å². The maximum absolute atomic E-state index is 13.1. The van der Waals surface area contributed by atoms with Gasteiger partial charge in [0, 0.05) is 16.7 Å². The van der Waals surface area contributed by atoms with Crippen LogP contribution in [0.15, 0.2) is 69.9 Å². The van der Waals surface area contributed by atoms with Crippen LogP contribution in [0.2, 0.25) is 0 Å². The monoisotopic (exact) mass is 490 g/mol. The minimum atomic E-state index is 0.194. The smallest absolute Gasteiger partial charge is 0.185 e. The Morgan fingerprint density at radius 1 is 0.611 bits per heavy atom. The molecule has 0 heterocycles. The summed E-state index contributed by atoms with van der Waals surface area (Å²) in [7, 11) is 0. The van der Waals surface area contributed by atoms with Crippen LogP contribution in [-0.2, 0) is 9.59 Å². The molecule has 2 rings (SSSR count). The van der Waals surface area contributed by atoms with Crippen LogP contribution in [0, 0.1) is 5.92 Å². The molecule has 0 saturated carbocycles. The maximum atomic E-state index is 13.1. The zero-order valence-corrected chi connectivity index (χ0v) is 23.8. The van der Waals surface area contributed by atoms with E-state index in [-0.39, 0.29) is 17.5 Å². The fourth-order valence-electron chi connectivity index (χ4n) is 4.99. The molecule has 0 aromatic rings. The molecular formula is C34H50O2. The zero-order chi connectivity index (χ0) is 26.3. The summed E-state index contributed by atoms with van der Waals surface area (Å²) in [6, 6.07) is 0. The Balaban J connectivity index is 2.11. The topological polar surface area (TPSA) is 34.1 Å². The fraction of sp³-hybridized carbons (Fsp3) is 0.588. The molecule has 0 aromatic carbocycles. The second-order valence-corrected chi connectivity index (χ2v) is 10.9. The third-order valence-corrected chi connectivity index (χ3v) is 7.28. The van der Waals surface area contributed by atoms with E-state index in [2.05, 4.69) is 58.1 Å². The van der Waals surface area contributed by atoms with Crippen LogP contribution < -0.4 is 0 Å². The van der Waals surface area contributed by atoms with Crippen LogP contribution >= 0.6 is 0 Å². The standard InChI is InChI=1S/C34H50O2/c1-6-8-10-12-14-16-18-30-23-28(22-27(5)33(30)35)20-21-29-24-31(19-17-15-13-11-9-7-2)34(36)32(25-29)26(3)4/h20-26H,6-19H2,1-5H3/b28-20+,29-21+. The van der Waals surface area contributed by atoms with E-state index in [9.17, 15) is 9.59 Å². The largest absolute Gasteiger partial charge is 0.289 e. The molecule has 36 heavy (non-hydrogen) atoms. The van der Waals surface area contributed by atoms with Crippen molar-refractivity contribution in [2.75, 3.05) is 0 Å². The van der Waals surface area contributed by atoms with Crippen molar-refractivity contribution in [3.8, 4) is 0 Å². The quantitative estimate of drug-likeness (QED) is 0.202. The Morgan fingerprint density at radius 2 is 1.06 bits per heavy atom. The lowest BCUT2D eigenvalue weighted by molar-refractivity contribution is -0.113. The summed E-state index contributed by atoms with van der Waals surface area (Å²) >= 11 is 0. The van der Waals surface area contributed by atoms with Gasteiger partial charge in [0.05, 0.1) is 0 Å². The SMILES string of the molecule is CCCCCCCCC1=C/C(=C/C=C2\C=C(CCCCCCCC)C(=O)C(C(C)C)=C2)C=C(C)C1=O. The van der Waals surface area contributed by atoms with Crippen LogP contribution in [0.25, 0.3) is 0 Å². The van der Waals surface area contributed by atoms with Crippen LogP contribution in [0.3, 0.4) is 0 Å². The Kier molecular flexibility index (Phi) is 13.8. The van der Waals surface area contributed by atoms with Gasteiger partial charge in [-0.15, -0.1) is 0 Å². The van der Waals surface area contributed by atoms with Crippen molar-refractivity contribution in [1.82, 2.24) is 0 Å². The first-order valence-corrected chi connectivity index (χ1v) is 14.7. The Hall–Kier alpha value is -2.22. The second kappa shape index (κ2) is 16.5. The fourth-order valence-corrected chi connectivity index (χ4v) is 4.99. The Morgan fingerprint density at radius 3 is 1.56 bits per heavy atom. The number of carbonyl (C=O) groups is 2. The zero-order valence-electron chi connectivity index (χ0n) is 23.8. The average Bonchev–Trinajstić information content (AvgIpc) is 2.85. The van der Waals surface area contributed by atoms with Gasteiger partial charge in [0.25, 0.3) is 0 Å². The molecule has 0 fully saturated rings. The summed E-state index contributed by atoms with van der Waals surface area (Å²) in [4.78, 5) is 25.7. The van der Waals surface area contributed by atoms with E-state index in [4.69, 9.17) is 0 Å². The summed E-state index contributed by atoms with van der Waals surface area (Å²) in [5.74, 6) is 0.628. The van der Waals surface area contributed by atoms with Gasteiger partial charge in [-0.25, -0.2) is 0 Å². The van der Waals surface area contributed by atoms with E-state index in [1.165, 1.54) is 64.2 Å². The minimum Gasteiger partial charge on any atom is -0.289 e. The molecule has 0 aliphatic heterocycles. The molecule has 2 heteroatoms. The van der Waals surface area contributed by atoms with E-state index in [1.54, 1.807) is 0 Å². The van der Waals surface area contributed by atoms with Crippen LogP contribution in [0.4, 0.5) is 0 Å². The van der Waals surface area contributed by atoms with Crippen molar-refractivity contribution < 1.29 is 9.59 Å². The molecule has 2 nitrogen and oxygen atoms in total. The Bertz CT molecular complexity index is 930. The highest BCUT2D eigenvalue weighted by Gasteiger charge is 2.22. The number of allylic oxidation sites excluding steroid dienone is 12. The maximum Gasteiger partial charge on any atom is 0.185 e. The van der Waals surface area contributed by atoms with Gasteiger partial charge in [0.2, 0.25) is 0 Å². The number of carbonyl (C=O) groups excluding carboxylic acids is 2. The molecule has 0 amide bonds. The predicted molar refractivity (Wildman–Crippen MR) is 155 cm³/mol. The predicted octanol–water partition coefficient (Wildman–Crippen LogP) is 9.89. The van der Waals surface area contributed by atoms with Gasteiger partial charge in [-0.2, -0.15) is 0 Å². The van der Waals surface area contributed by atoms with E-state index in [0.29, 0.717) is 0 Å². The minimum absolute atomic E-state index is 0.194. The van der Waals surface area contributed by atoms with E-state index < -0.39 is 0 Å². The summed E-state index contributed by atoms with van der Waals surface area (Å²) in [6.45, 7) is 10.6. The first-order valence-electron chi connectivity index (χ1n) is 14.7. The lowest BCUT2D eigenvalue weighted by atomic mass is 9.85. The van der Waals surface area contributed by atoms with Crippen molar-refractivity contribution >= 4 is 11.6 Å². The number of hydrogen-bond donors (Lipinski definition) is 0. The molecule has 0 spiro atoms. The van der Waals surface area contributed by atoms with Crippen molar-refractivity contribution in [1.29, 1.82) is 0 Å². The Labute approximate surface area is 221 Å². The lowest BCUT2D eigenvalue weighted by Crippen LogP contribution is -2.15. The first kappa shape index (κ1) is 30.0. The number of ketones is 2. The highest BCUT2D eigenvalue weighted by atomic mass is 16.1. The highest BCUT2D eigenvalue weighted by molar-refractivity contribution is 6.11. The van der Waals surface area contributed by atoms with Crippen LogP contribution in [0.5, 0.6) is 0 Å². The number of Topliss-reactive ketones (excluding diaryl/α,β-unsaturated/α-hetero) is 2. The summed E-state index contributed by atoms with van der Waals surface area (Å²) in [6.07, 6.45) is 28.9.